The lowest BCUT2D eigenvalue weighted by molar-refractivity contribution is 0.290. The van der Waals surface area contributed by atoms with Crippen LogP contribution in [0.4, 0.5) is 0 Å². The molecule has 94 valence electrons. The Morgan fingerprint density at radius 2 is 2.12 bits per heavy atom. The highest BCUT2D eigenvalue weighted by Gasteiger charge is 2.17. The van der Waals surface area contributed by atoms with Gasteiger partial charge >= 0.3 is 0 Å². The predicted octanol–water partition coefficient (Wildman–Crippen LogP) is 3.02. The fourth-order valence-electron chi connectivity index (χ4n) is 2.34. The van der Waals surface area contributed by atoms with E-state index in [-0.39, 0.29) is 0 Å². The second kappa shape index (κ2) is 6.06. The third-order valence-electron chi connectivity index (χ3n) is 3.70. The first-order valence-electron chi connectivity index (χ1n) is 6.65. The van der Waals surface area contributed by atoms with Gasteiger partial charge in [-0.2, -0.15) is 0 Å². The monoisotopic (exact) mass is 233 g/mol. The van der Waals surface area contributed by atoms with Crippen molar-refractivity contribution in [3.63, 3.8) is 0 Å². The fourth-order valence-corrected chi connectivity index (χ4v) is 2.34. The van der Waals surface area contributed by atoms with E-state index in [1.54, 1.807) is 7.11 Å². The molecule has 1 aliphatic carbocycles. The van der Waals surface area contributed by atoms with E-state index in [0.717, 1.165) is 18.1 Å². The summed E-state index contributed by atoms with van der Waals surface area (Å²) < 4.78 is 5.38. The van der Waals surface area contributed by atoms with E-state index in [1.807, 2.05) is 12.1 Å². The van der Waals surface area contributed by atoms with Crippen LogP contribution in [0.3, 0.4) is 0 Å². The van der Waals surface area contributed by atoms with E-state index in [0.29, 0.717) is 6.04 Å². The van der Waals surface area contributed by atoms with Gasteiger partial charge < -0.3 is 10.1 Å². The molecule has 0 amide bonds. The standard InChI is InChI=1S/C15H23NO/c1-12(16-11-13-6-5-7-13)10-14-8-3-4-9-15(14)17-2/h3-4,8-9,12-13,16H,5-7,10-11H2,1-2H3. The highest BCUT2D eigenvalue weighted by molar-refractivity contribution is 5.33. The van der Waals surface area contributed by atoms with E-state index in [4.69, 9.17) is 4.74 Å². The maximum absolute atomic E-state index is 5.38. The molecule has 0 aliphatic heterocycles. The quantitative estimate of drug-likeness (QED) is 0.815. The Balaban J connectivity index is 1.81. The van der Waals surface area contributed by atoms with E-state index < -0.39 is 0 Å². The maximum Gasteiger partial charge on any atom is 0.122 e. The summed E-state index contributed by atoms with van der Waals surface area (Å²) in [6.07, 6.45) is 5.28. The third-order valence-corrected chi connectivity index (χ3v) is 3.70. The molecule has 0 saturated heterocycles. The van der Waals surface area contributed by atoms with Crippen molar-refractivity contribution in [1.82, 2.24) is 5.32 Å². The van der Waals surface area contributed by atoms with Crippen LogP contribution in [0.5, 0.6) is 5.75 Å². The van der Waals surface area contributed by atoms with Crippen molar-refractivity contribution < 1.29 is 4.74 Å². The van der Waals surface area contributed by atoms with E-state index in [2.05, 4.69) is 24.4 Å². The van der Waals surface area contributed by atoms with Crippen molar-refractivity contribution in [2.75, 3.05) is 13.7 Å². The molecule has 2 heteroatoms. The maximum atomic E-state index is 5.38. The highest BCUT2D eigenvalue weighted by atomic mass is 16.5. The molecule has 0 aromatic heterocycles. The summed E-state index contributed by atoms with van der Waals surface area (Å²) in [5, 5.41) is 3.63. The zero-order chi connectivity index (χ0) is 12.1. The molecule has 0 heterocycles. The molecular formula is C15H23NO. The van der Waals surface area contributed by atoms with Gasteiger partial charge in [0.1, 0.15) is 5.75 Å². The van der Waals surface area contributed by atoms with Gasteiger partial charge in [0.05, 0.1) is 7.11 Å². The van der Waals surface area contributed by atoms with Gasteiger partial charge in [0, 0.05) is 6.04 Å². The minimum absolute atomic E-state index is 0.520. The summed E-state index contributed by atoms with van der Waals surface area (Å²) in [6.45, 7) is 3.43. The van der Waals surface area contributed by atoms with Gasteiger partial charge in [-0.05, 0) is 50.3 Å². The summed E-state index contributed by atoms with van der Waals surface area (Å²) in [5.41, 5.74) is 1.30. The van der Waals surface area contributed by atoms with Gasteiger partial charge in [0.15, 0.2) is 0 Å². The Hall–Kier alpha value is -1.02. The summed E-state index contributed by atoms with van der Waals surface area (Å²) >= 11 is 0. The van der Waals surface area contributed by atoms with Crippen molar-refractivity contribution in [2.45, 2.75) is 38.6 Å². The molecule has 1 aromatic rings. The summed E-state index contributed by atoms with van der Waals surface area (Å²) in [5.74, 6) is 1.93. The van der Waals surface area contributed by atoms with E-state index in [9.17, 15) is 0 Å². The molecule has 1 fully saturated rings. The zero-order valence-corrected chi connectivity index (χ0v) is 10.9. The number of para-hydroxylation sites is 1. The van der Waals surface area contributed by atoms with Crippen molar-refractivity contribution in [3.8, 4) is 5.75 Å². The normalized spacial score (nSPS) is 17.5. The van der Waals surface area contributed by atoms with E-state index >= 15 is 0 Å². The number of rotatable bonds is 6. The minimum atomic E-state index is 0.520. The number of hydrogen-bond donors (Lipinski definition) is 1. The van der Waals surface area contributed by atoms with Gasteiger partial charge in [-0.15, -0.1) is 0 Å². The second-order valence-electron chi connectivity index (χ2n) is 5.12. The number of nitrogens with one attached hydrogen (secondary N) is 1. The molecule has 0 spiro atoms. The lowest BCUT2D eigenvalue weighted by Crippen LogP contribution is -2.35. The fraction of sp³-hybridized carbons (Fsp3) is 0.600. The lowest BCUT2D eigenvalue weighted by atomic mass is 9.85. The zero-order valence-electron chi connectivity index (χ0n) is 10.9. The summed E-state index contributed by atoms with van der Waals surface area (Å²) in [7, 11) is 1.74. The average molecular weight is 233 g/mol. The molecule has 1 aromatic carbocycles. The van der Waals surface area contributed by atoms with Crippen molar-refractivity contribution in [1.29, 1.82) is 0 Å². The van der Waals surface area contributed by atoms with Gasteiger partial charge in [0.2, 0.25) is 0 Å². The van der Waals surface area contributed by atoms with Crippen LogP contribution >= 0.6 is 0 Å². The number of hydrogen-bond acceptors (Lipinski definition) is 2. The Kier molecular flexibility index (Phi) is 4.43. The van der Waals surface area contributed by atoms with Crippen LogP contribution in [0.2, 0.25) is 0 Å². The Labute approximate surface area is 104 Å². The minimum Gasteiger partial charge on any atom is -0.496 e. The first kappa shape index (κ1) is 12.4. The van der Waals surface area contributed by atoms with Crippen molar-refractivity contribution in [3.05, 3.63) is 29.8 Å². The lowest BCUT2D eigenvalue weighted by Gasteiger charge is -2.27. The Morgan fingerprint density at radius 3 is 2.76 bits per heavy atom. The summed E-state index contributed by atoms with van der Waals surface area (Å²) in [4.78, 5) is 0. The van der Waals surface area contributed by atoms with Gasteiger partial charge in [-0.3, -0.25) is 0 Å². The SMILES string of the molecule is COc1ccccc1CC(C)NCC1CCC1. The third kappa shape index (κ3) is 3.47. The molecule has 1 aliphatic rings. The summed E-state index contributed by atoms with van der Waals surface area (Å²) in [6, 6.07) is 8.81. The van der Waals surface area contributed by atoms with Gasteiger partial charge in [0.25, 0.3) is 0 Å². The molecular weight excluding hydrogens is 210 g/mol. The molecule has 17 heavy (non-hydrogen) atoms. The molecule has 1 unspecified atom stereocenters. The molecule has 1 saturated carbocycles. The first-order chi connectivity index (χ1) is 8.29. The van der Waals surface area contributed by atoms with Gasteiger partial charge in [-0.1, -0.05) is 24.6 Å². The van der Waals surface area contributed by atoms with Crippen LogP contribution in [0.15, 0.2) is 24.3 Å². The van der Waals surface area contributed by atoms with Crippen LogP contribution in [-0.2, 0) is 6.42 Å². The largest absolute Gasteiger partial charge is 0.496 e. The molecule has 0 bridgehead atoms. The highest BCUT2D eigenvalue weighted by Crippen LogP contribution is 2.25. The van der Waals surface area contributed by atoms with Crippen molar-refractivity contribution in [2.24, 2.45) is 5.92 Å². The van der Waals surface area contributed by atoms with Crippen LogP contribution in [0.25, 0.3) is 0 Å². The first-order valence-corrected chi connectivity index (χ1v) is 6.65. The number of methoxy groups -OCH3 is 1. The van der Waals surface area contributed by atoms with Crippen LogP contribution in [-0.4, -0.2) is 19.7 Å². The Morgan fingerprint density at radius 1 is 1.35 bits per heavy atom. The average Bonchev–Trinajstić information content (AvgIpc) is 2.27. The smallest absolute Gasteiger partial charge is 0.122 e. The molecule has 2 rings (SSSR count). The number of ether oxygens (including phenoxy) is 1. The van der Waals surface area contributed by atoms with Gasteiger partial charge in [-0.25, -0.2) is 0 Å². The predicted molar refractivity (Wildman–Crippen MR) is 71.5 cm³/mol. The molecule has 0 radical (unpaired) electrons. The Bertz CT molecular complexity index is 347. The molecule has 1 atom stereocenters. The van der Waals surface area contributed by atoms with Crippen molar-refractivity contribution >= 4 is 0 Å². The number of benzene rings is 1. The van der Waals surface area contributed by atoms with Crippen LogP contribution < -0.4 is 10.1 Å². The van der Waals surface area contributed by atoms with E-state index in [1.165, 1.54) is 31.4 Å². The van der Waals surface area contributed by atoms with Crippen LogP contribution in [0.1, 0.15) is 31.7 Å². The molecule has 2 nitrogen and oxygen atoms in total. The molecule has 1 N–H and O–H groups in total. The topological polar surface area (TPSA) is 21.3 Å². The second-order valence-corrected chi connectivity index (χ2v) is 5.12. The van der Waals surface area contributed by atoms with Crippen LogP contribution in [0, 0.1) is 5.92 Å².